The van der Waals surface area contributed by atoms with Gasteiger partial charge in [0.15, 0.2) is 5.76 Å². The van der Waals surface area contributed by atoms with E-state index >= 15 is 0 Å². The van der Waals surface area contributed by atoms with Gasteiger partial charge in [0.25, 0.3) is 5.91 Å². The van der Waals surface area contributed by atoms with E-state index < -0.39 is 0 Å². The van der Waals surface area contributed by atoms with Crippen LogP contribution in [-0.4, -0.2) is 28.9 Å². The third-order valence-electron chi connectivity index (χ3n) is 4.71. The molecule has 0 aromatic carbocycles. The molecule has 2 aliphatic rings. The summed E-state index contributed by atoms with van der Waals surface area (Å²) in [6.07, 6.45) is 9.18. The summed E-state index contributed by atoms with van der Waals surface area (Å²) >= 11 is 0. The number of carbonyl (C=O) groups is 1. The second-order valence-corrected chi connectivity index (χ2v) is 6.52. The summed E-state index contributed by atoms with van der Waals surface area (Å²) in [6, 6.07) is 3.39. The van der Waals surface area contributed by atoms with Gasteiger partial charge in [-0.05, 0) is 54.0 Å². The highest BCUT2D eigenvalue weighted by Crippen LogP contribution is 2.31. The molecule has 1 aliphatic carbocycles. The van der Waals surface area contributed by atoms with Crippen molar-refractivity contribution in [2.75, 3.05) is 13.1 Å². The summed E-state index contributed by atoms with van der Waals surface area (Å²) < 4.78 is 5.12. The zero-order valence-electron chi connectivity index (χ0n) is 13.1. The average molecular weight is 311 g/mol. The van der Waals surface area contributed by atoms with E-state index in [1.165, 1.54) is 36.8 Å². The van der Waals surface area contributed by atoms with Crippen molar-refractivity contribution in [3.63, 3.8) is 0 Å². The van der Waals surface area contributed by atoms with Crippen LogP contribution in [0, 0.1) is 5.92 Å². The molecule has 120 valence electrons. The molecule has 5 heteroatoms. The van der Waals surface area contributed by atoms with Gasteiger partial charge < -0.3 is 9.73 Å². The van der Waals surface area contributed by atoms with Crippen LogP contribution >= 0.6 is 0 Å². The van der Waals surface area contributed by atoms with Crippen LogP contribution in [0.5, 0.6) is 0 Å². The Bertz CT molecular complexity index is 692. The Hall–Kier alpha value is -2.14. The van der Waals surface area contributed by atoms with Gasteiger partial charge in [-0.15, -0.1) is 0 Å². The molecule has 0 atom stereocenters. The quantitative estimate of drug-likeness (QED) is 0.921. The number of amides is 1. The average Bonchev–Trinajstić information content (AvgIpc) is 3.21. The van der Waals surface area contributed by atoms with E-state index in [1.807, 2.05) is 12.4 Å². The molecule has 0 spiro atoms. The van der Waals surface area contributed by atoms with E-state index in [-0.39, 0.29) is 5.91 Å². The van der Waals surface area contributed by atoms with Gasteiger partial charge >= 0.3 is 0 Å². The number of furan rings is 1. The zero-order chi connectivity index (χ0) is 15.6. The Balaban J connectivity index is 1.42. The minimum atomic E-state index is -0.182. The molecule has 1 saturated carbocycles. The highest BCUT2D eigenvalue weighted by Gasteiger charge is 2.27. The van der Waals surface area contributed by atoms with E-state index in [0.717, 1.165) is 31.0 Å². The van der Waals surface area contributed by atoms with Crippen LogP contribution in [0.25, 0.3) is 0 Å². The third kappa shape index (κ3) is 3.29. The number of rotatable bonds is 5. The number of pyridine rings is 1. The van der Waals surface area contributed by atoms with Crippen LogP contribution < -0.4 is 5.32 Å². The SMILES string of the molecule is O=C(NCc1cncc2c1CCN(CC1CC1)C2)c1ccco1. The van der Waals surface area contributed by atoms with Crippen LogP contribution in [0.1, 0.15) is 40.1 Å². The lowest BCUT2D eigenvalue weighted by atomic mass is 9.97. The number of nitrogens with one attached hydrogen (secondary N) is 1. The lowest BCUT2D eigenvalue weighted by molar-refractivity contribution is 0.0923. The van der Waals surface area contributed by atoms with E-state index in [0.29, 0.717) is 12.3 Å². The highest BCUT2D eigenvalue weighted by atomic mass is 16.3. The Morgan fingerprint density at radius 1 is 1.39 bits per heavy atom. The first-order valence-corrected chi connectivity index (χ1v) is 8.28. The molecule has 3 heterocycles. The van der Waals surface area contributed by atoms with Gasteiger partial charge in [-0.25, -0.2) is 0 Å². The molecular weight excluding hydrogens is 290 g/mol. The molecule has 1 fully saturated rings. The van der Waals surface area contributed by atoms with Crippen molar-refractivity contribution in [3.8, 4) is 0 Å². The summed E-state index contributed by atoms with van der Waals surface area (Å²) in [6.45, 7) is 3.81. The zero-order valence-corrected chi connectivity index (χ0v) is 13.1. The Morgan fingerprint density at radius 2 is 2.30 bits per heavy atom. The smallest absolute Gasteiger partial charge is 0.287 e. The van der Waals surface area contributed by atoms with Gasteiger partial charge in [0.05, 0.1) is 6.26 Å². The van der Waals surface area contributed by atoms with Crippen molar-refractivity contribution < 1.29 is 9.21 Å². The van der Waals surface area contributed by atoms with Gasteiger partial charge in [-0.1, -0.05) is 0 Å². The molecule has 2 aromatic heterocycles. The van der Waals surface area contributed by atoms with E-state index in [9.17, 15) is 4.79 Å². The van der Waals surface area contributed by atoms with Crippen molar-refractivity contribution in [2.24, 2.45) is 5.92 Å². The summed E-state index contributed by atoms with van der Waals surface area (Å²) in [5.74, 6) is 1.08. The van der Waals surface area contributed by atoms with Gasteiger partial charge in [0.1, 0.15) is 0 Å². The monoisotopic (exact) mass is 311 g/mol. The molecule has 5 nitrogen and oxygen atoms in total. The largest absolute Gasteiger partial charge is 0.459 e. The highest BCUT2D eigenvalue weighted by molar-refractivity contribution is 5.91. The molecule has 1 amide bonds. The van der Waals surface area contributed by atoms with Gasteiger partial charge in [0, 0.05) is 38.6 Å². The molecule has 0 bridgehead atoms. The fraction of sp³-hybridized carbons (Fsp3) is 0.444. The predicted octanol–water partition coefficient (Wildman–Crippen LogP) is 2.37. The summed E-state index contributed by atoms with van der Waals surface area (Å²) in [7, 11) is 0. The number of fused-ring (bicyclic) bond motifs is 1. The standard InChI is InChI=1S/C18H21N3O2/c22-18(17-2-1-7-23-17)20-10-14-8-19-9-15-12-21(6-5-16(14)15)11-13-3-4-13/h1-2,7-9,13H,3-6,10-12H2,(H,20,22). The normalized spacial score (nSPS) is 17.7. The Morgan fingerprint density at radius 3 is 3.09 bits per heavy atom. The second-order valence-electron chi connectivity index (χ2n) is 6.52. The number of hydrogen-bond donors (Lipinski definition) is 1. The van der Waals surface area contributed by atoms with Crippen LogP contribution in [0.3, 0.4) is 0 Å². The number of carbonyl (C=O) groups excluding carboxylic acids is 1. The number of aromatic nitrogens is 1. The molecule has 4 rings (SSSR count). The molecule has 0 saturated heterocycles. The molecule has 23 heavy (non-hydrogen) atoms. The lowest BCUT2D eigenvalue weighted by Crippen LogP contribution is -2.33. The first kappa shape index (κ1) is 14.5. The van der Waals surface area contributed by atoms with Gasteiger partial charge in [-0.3, -0.25) is 14.7 Å². The fourth-order valence-corrected chi connectivity index (χ4v) is 3.27. The van der Waals surface area contributed by atoms with Gasteiger partial charge in [-0.2, -0.15) is 0 Å². The summed E-state index contributed by atoms with van der Waals surface area (Å²) in [5, 5.41) is 2.92. The third-order valence-corrected chi connectivity index (χ3v) is 4.71. The van der Waals surface area contributed by atoms with Gasteiger partial charge in [0.2, 0.25) is 0 Å². The van der Waals surface area contributed by atoms with Crippen molar-refractivity contribution in [1.82, 2.24) is 15.2 Å². The number of nitrogens with zero attached hydrogens (tertiary/aromatic N) is 2. The molecule has 1 aliphatic heterocycles. The van der Waals surface area contributed by atoms with Crippen molar-refractivity contribution in [2.45, 2.75) is 32.4 Å². The van der Waals surface area contributed by atoms with Crippen molar-refractivity contribution in [3.05, 3.63) is 53.2 Å². The van der Waals surface area contributed by atoms with E-state index in [4.69, 9.17) is 4.42 Å². The topological polar surface area (TPSA) is 58.4 Å². The van der Waals surface area contributed by atoms with Crippen LogP contribution in [0.2, 0.25) is 0 Å². The van der Waals surface area contributed by atoms with Crippen LogP contribution in [-0.2, 0) is 19.5 Å². The minimum absolute atomic E-state index is 0.182. The van der Waals surface area contributed by atoms with Crippen LogP contribution in [0.4, 0.5) is 0 Å². The fourth-order valence-electron chi connectivity index (χ4n) is 3.27. The summed E-state index contributed by atoms with van der Waals surface area (Å²) in [4.78, 5) is 18.9. The predicted molar refractivity (Wildman–Crippen MR) is 85.8 cm³/mol. The maximum Gasteiger partial charge on any atom is 0.287 e. The number of hydrogen-bond acceptors (Lipinski definition) is 4. The first-order valence-electron chi connectivity index (χ1n) is 8.28. The second kappa shape index (κ2) is 6.16. The van der Waals surface area contributed by atoms with Crippen molar-refractivity contribution in [1.29, 1.82) is 0 Å². The molecule has 0 unspecified atom stereocenters. The van der Waals surface area contributed by atoms with Crippen LogP contribution in [0.15, 0.2) is 35.2 Å². The molecular formula is C18H21N3O2. The molecule has 0 radical (unpaired) electrons. The molecule has 2 aromatic rings. The molecule has 1 N–H and O–H groups in total. The van der Waals surface area contributed by atoms with Crippen molar-refractivity contribution >= 4 is 5.91 Å². The Kier molecular flexibility index (Phi) is 3.87. The van der Waals surface area contributed by atoms with E-state index in [1.54, 1.807) is 12.1 Å². The summed E-state index contributed by atoms with van der Waals surface area (Å²) in [5.41, 5.74) is 3.78. The maximum atomic E-state index is 12.0. The Labute approximate surface area is 135 Å². The maximum absolute atomic E-state index is 12.0. The van der Waals surface area contributed by atoms with E-state index in [2.05, 4.69) is 15.2 Å². The first-order chi connectivity index (χ1) is 11.3. The lowest BCUT2D eigenvalue weighted by Gasteiger charge is -2.29. The minimum Gasteiger partial charge on any atom is -0.459 e.